The molecule has 3 heterocycles. The van der Waals surface area contributed by atoms with Crippen molar-refractivity contribution in [1.29, 1.82) is 0 Å². The molecular formula is C25H36N2O2S. The van der Waals surface area contributed by atoms with Crippen molar-refractivity contribution in [2.75, 3.05) is 26.7 Å². The quantitative estimate of drug-likeness (QED) is 0.553. The number of likely N-dealkylation sites (tertiary alicyclic amines) is 2. The largest absolute Gasteiger partial charge is 0.444 e. The first kappa shape index (κ1) is 21.6. The molecule has 0 radical (unpaired) electrons. The molecule has 2 saturated heterocycles. The average molecular weight is 429 g/mol. The summed E-state index contributed by atoms with van der Waals surface area (Å²) in [7, 11) is 2.22. The summed E-state index contributed by atoms with van der Waals surface area (Å²) in [6.07, 6.45) is 4.47. The first-order chi connectivity index (χ1) is 14.2. The molecule has 2 fully saturated rings. The summed E-state index contributed by atoms with van der Waals surface area (Å²) in [6.45, 7) is 11.2. The zero-order valence-electron chi connectivity index (χ0n) is 19.1. The van der Waals surface area contributed by atoms with Gasteiger partial charge in [0.05, 0.1) is 6.04 Å². The van der Waals surface area contributed by atoms with Gasteiger partial charge in [-0.05, 0) is 108 Å². The second-order valence-corrected chi connectivity index (χ2v) is 11.5. The summed E-state index contributed by atoms with van der Waals surface area (Å²) in [5.41, 5.74) is 0.774. The van der Waals surface area contributed by atoms with Crippen molar-refractivity contribution < 1.29 is 9.53 Å². The number of thiophene rings is 1. The van der Waals surface area contributed by atoms with E-state index in [1.54, 1.807) is 0 Å². The summed E-state index contributed by atoms with van der Waals surface area (Å²) in [5.74, 6) is 1.20. The molecule has 30 heavy (non-hydrogen) atoms. The topological polar surface area (TPSA) is 32.8 Å². The fraction of sp³-hybridized carbons (Fsp3) is 0.640. The van der Waals surface area contributed by atoms with Gasteiger partial charge in [-0.25, -0.2) is 4.79 Å². The van der Waals surface area contributed by atoms with E-state index in [9.17, 15) is 4.79 Å². The third kappa shape index (κ3) is 4.83. The zero-order chi connectivity index (χ0) is 21.5. The fourth-order valence-electron chi connectivity index (χ4n) is 4.81. The highest BCUT2D eigenvalue weighted by molar-refractivity contribution is 7.19. The molecule has 4 rings (SSSR count). The molecule has 164 valence electrons. The minimum Gasteiger partial charge on any atom is -0.444 e. The number of fused-ring (bicyclic) bond motifs is 1. The van der Waals surface area contributed by atoms with E-state index >= 15 is 0 Å². The molecule has 2 aromatic rings. The van der Waals surface area contributed by atoms with Gasteiger partial charge in [0, 0.05) is 16.1 Å². The maximum Gasteiger partial charge on any atom is 0.410 e. The Bertz CT molecular complexity index is 892. The number of hydrogen-bond acceptors (Lipinski definition) is 4. The van der Waals surface area contributed by atoms with Gasteiger partial charge in [-0.2, -0.15) is 0 Å². The molecule has 5 heteroatoms. The number of rotatable bonds is 2. The second-order valence-electron chi connectivity index (χ2n) is 10.4. The molecule has 0 unspecified atom stereocenters. The van der Waals surface area contributed by atoms with Crippen molar-refractivity contribution in [2.24, 2.45) is 5.92 Å². The highest BCUT2D eigenvalue weighted by Crippen LogP contribution is 2.39. The van der Waals surface area contributed by atoms with Crippen molar-refractivity contribution in [3.05, 3.63) is 34.7 Å². The van der Waals surface area contributed by atoms with Crippen LogP contribution in [-0.2, 0) is 4.74 Å². The first-order valence-corrected chi connectivity index (χ1v) is 12.2. The molecule has 2 atom stereocenters. The molecule has 0 aliphatic carbocycles. The molecular weight excluding hydrogens is 392 g/mol. The lowest BCUT2D eigenvalue weighted by molar-refractivity contribution is 0.00365. The van der Waals surface area contributed by atoms with Gasteiger partial charge in [0.2, 0.25) is 0 Å². The Morgan fingerprint density at radius 1 is 1.10 bits per heavy atom. The fourth-order valence-corrected chi connectivity index (χ4v) is 6.02. The van der Waals surface area contributed by atoms with Crippen LogP contribution in [0.2, 0.25) is 0 Å². The van der Waals surface area contributed by atoms with Crippen LogP contribution < -0.4 is 0 Å². The lowest BCUT2D eigenvalue weighted by Crippen LogP contribution is -2.44. The van der Waals surface area contributed by atoms with E-state index in [2.05, 4.69) is 43.1 Å². The van der Waals surface area contributed by atoms with E-state index in [1.807, 2.05) is 37.0 Å². The maximum absolute atomic E-state index is 12.9. The van der Waals surface area contributed by atoms with Crippen LogP contribution in [0.1, 0.15) is 75.8 Å². The third-order valence-corrected chi connectivity index (χ3v) is 7.79. The molecule has 0 saturated carbocycles. The SMILES string of the molecule is C[C@H]1CC[C@H](c2ccc3sc(C4CCN(C)CC4)cc3c2)N(C(=O)OC(C)(C)C)C1. The molecule has 0 N–H and O–H groups in total. The molecule has 0 bridgehead atoms. The van der Waals surface area contributed by atoms with E-state index < -0.39 is 5.60 Å². The summed E-state index contributed by atoms with van der Waals surface area (Å²) in [4.78, 5) is 18.9. The van der Waals surface area contributed by atoms with Crippen molar-refractivity contribution >= 4 is 27.5 Å². The summed E-state index contributed by atoms with van der Waals surface area (Å²) in [5, 5.41) is 1.33. The average Bonchev–Trinajstić information content (AvgIpc) is 3.10. The Morgan fingerprint density at radius 3 is 2.53 bits per heavy atom. The Hall–Kier alpha value is -1.59. The number of benzene rings is 1. The molecule has 1 amide bonds. The molecule has 2 aliphatic rings. The number of hydrogen-bond donors (Lipinski definition) is 0. The van der Waals surface area contributed by atoms with E-state index in [4.69, 9.17) is 4.74 Å². The highest BCUT2D eigenvalue weighted by Gasteiger charge is 2.34. The molecule has 0 spiro atoms. The molecule has 1 aromatic carbocycles. The molecule has 2 aliphatic heterocycles. The van der Waals surface area contributed by atoms with Gasteiger partial charge in [0.1, 0.15) is 5.60 Å². The standard InChI is InChI=1S/C25H36N2O2S/c1-17-6-8-21(27(16-17)24(28)29-25(2,3)4)19-7-9-22-20(14-19)15-23(30-22)18-10-12-26(5)13-11-18/h7,9,14-15,17-18,21H,6,8,10-13,16H2,1-5H3/t17-,21+/m0/s1. The Labute approximate surface area is 185 Å². The van der Waals surface area contributed by atoms with Crippen molar-refractivity contribution in [3.63, 3.8) is 0 Å². The van der Waals surface area contributed by atoms with Crippen LogP contribution >= 0.6 is 11.3 Å². The third-order valence-electron chi connectivity index (χ3n) is 6.51. The van der Waals surface area contributed by atoms with E-state index in [1.165, 1.54) is 46.5 Å². The lowest BCUT2D eigenvalue weighted by Gasteiger charge is -2.39. The van der Waals surface area contributed by atoms with Gasteiger partial charge >= 0.3 is 6.09 Å². The Morgan fingerprint density at radius 2 is 1.83 bits per heavy atom. The van der Waals surface area contributed by atoms with Gasteiger partial charge < -0.3 is 14.5 Å². The zero-order valence-corrected chi connectivity index (χ0v) is 19.9. The molecule has 4 nitrogen and oxygen atoms in total. The predicted molar refractivity (Wildman–Crippen MR) is 125 cm³/mol. The number of nitrogens with zero attached hydrogens (tertiary/aromatic N) is 2. The van der Waals surface area contributed by atoms with Crippen LogP contribution in [0.5, 0.6) is 0 Å². The number of ether oxygens (including phenoxy) is 1. The first-order valence-electron chi connectivity index (χ1n) is 11.4. The van der Waals surface area contributed by atoms with Crippen molar-refractivity contribution in [2.45, 2.75) is 70.9 Å². The summed E-state index contributed by atoms with van der Waals surface area (Å²) in [6, 6.07) is 9.33. The Kier molecular flexibility index (Phi) is 6.13. The van der Waals surface area contributed by atoms with Gasteiger partial charge in [-0.15, -0.1) is 11.3 Å². The molecule has 1 aromatic heterocycles. The van der Waals surface area contributed by atoms with Crippen molar-refractivity contribution in [3.8, 4) is 0 Å². The minimum atomic E-state index is -0.470. The smallest absolute Gasteiger partial charge is 0.410 e. The van der Waals surface area contributed by atoms with Gasteiger partial charge in [-0.1, -0.05) is 13.0 Å². The lowest BCUT2D eigenvalue weighted by atomic mass is 9.90. The normalized spacial score (nSPS) is 24.4. The van der Waals surface area contributed by atoms with Crippen LogP contribution in [0.4, 0.5) is 4.79 Å². The van der Waals surface area contributed by atoms with Gasteiger partial charge in [0.15, 0.2) is 0 Å². The monoisotopic (exact) mass is 428 g/mol. The van der Waals surface area contributed by atoms with Gasteiger partial charge in [0.25, 0.3) is 0 Å². The number of carbonyl (C=O) groups excluding carboxylic acids is 1. The van der Waals surface area contributed by atoms with Crippen LogP contribution in [0.3, 0.4) is 0 Å². The van der Waals surface area contributed by atoms with Crippen LogP contribution in [0.25, 0.3) is 10.1 Å². The summed E-state index contributed by atoms with van der Waals surface area (Å²) >= 11 is 1.95. The van der Waals surface area contributed by atoms with Crippen LogP contribution in [0.15, 0.2) is 24.3 Å². The van der Waals surface area contributed by atoms with E-state index in [-0.39, 0.29) is 12.1 Å². The van der Waals surface area contributed by atoms with Crippen molar-refractivity contribution in [1.82, 2.24) is 9.80 Å². The maximum atomic E-state index is 12.9. The van der Waals surface area contributed by atoms with Gasteiger partial charge in [-0.3, -0.25) is 0 Å². The van der Waals surface area contributed by atoms with Crippen LogP contribution in [0, 0.1) is 5.92 Å². The number of amides is 1. The number of piperidine rings is 2. The van der Waals surface area contributed by atoms with E-state index in [0.29, 0.717) is 11.8 Å². The van der Waals surface area contributed by atoms with E-state index in [0.717, 1.165) is 19.4 Å². The minimum absolute atomic E-state index is 0.104. The highest BCUT2D eigenvalue weighted by atomic mass is 32.1. The number of carbonyl (C=O) groups is 1. The predicted octanol–water partition coefficient (Wildman–Crippen LogP) is 6.42. The Balaban J connectivity index is 1.58. The summed E-state index contributed by atoms with van der Waals surface area (Å²) < 4.78 is 7.10. The van der Waals surface area contributed by atoms with Crippen LogP contribution in [-0.4, -0.2) is 48.2 Å². The second kappa shape index (κ2) is 8.51.